The van der Waals surface area contributed by atoms with Gasteiger partial charge in [-0.15, -0.1) is 0 Å². The van der Waals surface area contributed by atoms with E-state index in [1.807, 2.05) is 0 Å². The summed E-state index contributed by atoms with van der Waals surface area (Å²) in [4.78, 5) is 11.9. The number of rotatable bonds is 4. The third-order valence-electron chi connectivity index (χ3n) is 4.77. The van der Waals surface area contributed by atoms with Crippen LogP contribution in [-0.4, -0.2) is 31.2 Å². The molecule has 6 heteroatoms. The highest BCUT2D eigenvalue weighted by Gasteiger charge is 2.45. The van der Waals surface area contributed by atoms with Crippen LogP contribution < -0.4 is 10.6 Å². The fourth-order valence-corrected chi connectivity index (χ4v) is 3.48. The summed E-state index contributed by atoms with van der Waals surface area (Å²) in [5.41, 5.74) is 0. The summed E-state index contributed by atoms with van der Waals surface area (Å²) in [6.45, 7) is 1.95. The topological polar surface area (TPSA) is 41.1 Å². The number of halogens is 3. The van der Waals surface area contributed by atoms with Crippen LogP contribution in [0.5, 0.6) is 0 Å². The first kappa shape index (κ1) is 16.6. The maximum Gasteiger partial charge on any atom is 0.393 e. The summed E-state index contributed by atoms with van der Waals surface area (Å²) < 4.78 is 38.9. The van der Waals surface area contributed by atoms with Crippen LogP contribution in [0.25, 0.3) is 0 Å². The normalized spacial score (nSPS) is 28.3. The molecule has 1 heterocycles. The molecule has 2 unspecified atom stereocenters. The maximum atomic E-state index is 13.0. The van der Waals surface area contributed by atoms with Crippen molar-refractivity contribution >= 4 is 5.91 Å². The molecule has 0 aromatic rings. The van der Waals surface area contributed by atoms with Gasteiger partial charge in [-0.2, -0.15) is 13.2 Å². The second-order valence-corrected chi connectivity index (χ2v) is 6.34. The van der Waals surface area contributed by atoms with Gasteiger partial charge in [0.05, 0.1) is 5.92 Å². The Bertz CT molecular complexity index is 340. The summed E-state index contributed by atoms with van der Waals surface area (Å²) in [6.07, 6.45) is 1.02. The van der Waals surface area contributed by atoms with Gasteiger partial charge in [-0.05, 0) is 51.1 Å². The standard InChI is InChI=1S/C15H25F3N2O/c16-15(17,18)12-3-1-2-4-13(12)20-14(21)6-5-11-7-9-19-10-8-11/h11-13,19H,1-10H2,(H,20,21). The first-order valence-corrected chi connectivity index (χ1v) is 8.03. The Labute approximate surface area is 124 Å². The van der Waals surface area contributed by atoms with E-state index in [1.54, 1.807) is 0 Å². The van der Waals surface area contributed by atoms with E-state index in [1.165, 1.54) is 0 Å². The molecular formula is C15H25F3N2O. The van der Waals surface area contributed by atoms with Crippen LogP contribution in [0, 0.1) is 11.8 Å². The predicted octanol–water partition coefficient (Wildman–Crippen LogP) is 3.00. The molecule has 122 valence electrons. The fourth-order valence-electron chi connectivity index (χ4n) is 3.48. The molecule has 1 aliphatic carbocycles. The van der Waals surface area contributed by atoms with Crippen molar-refractivity contribution in [1.82, 2.24) is 10.6 Å². The van der Waals surface area contributed by atoms with E-state index in [2.05, 4.69) is 10.6 Å². The Kier molecular flexibility index (Phi) is 5.90. The van der Waals surface area contributed by atoms with Gasteiger partial charge >= 0.3 is 6.18 Å². The minimum absolute atomic E-state index is 0.142. The number of alkyl halides is 3. The zero-order valence-electron chi connectivity index (χ0n) is 12.3. The van der Waals surface area contributed by atoms with Gasteiger partial charge in [-0.3, -0.25) is 4.79 Å². The zero-order valence-corrected chi connectivity index (χ0v) is 12.3. The number of hydrogen-bond acceptors (Lipinski definition) is 2. The van der Waals surface area contributed by atoms with Gasteiger partial charge in [0.15, 0.2) is 0 Å². The first-order chi connectivity index (χ1) is 9.97. The Hall–Kier alpha value is -0.780. The summed E-state index contributed by atoms with van der Waals surface area (Å²) >= 11 is 0. The summed E-state index contributed by atoms with van der Waals surface area (Å²) in [7, 11) is 0. The third-order valence-corrected chi connectivity index (χ3v) is 4.77. The minimum atomic E-state index is -4.20. The van der Waals surface area contributed by atoms with Crippen LogP contribution in [0.2, 0.25) is 0 Å². The SMILES string of the molecule is O=C(CCC1CCNCC1)NC1CCCCC1C(F)(F)F. The van der Waals surface area contributed by atoms with E-state index < -0.39 is 18.1 Å². The van der Waals surface area contributed by atoms with Gasteiger partial charge in [0.25, 0.3) is 0 Å². The first-order valence-electron chi connectivity index (χ1n) is 8.03. The molecule has 3 nitrogen and oxygen atoms in total. The highest BCUT2D eigenvalue weighted by molar-refractivity contribution is 5.76. The molecule has 0 radical (unpaired) electrons. The number of piperidine rings is 1. The van der Waals surface area contributed by atoms with Crippen molar-refractivity contribution in [1.29, 1.82) is 0 Å². The van der Waals surface area contributed by atoms with E-state index in [0.29, 0.717) is 25.2 Å². The summed E-state index contributed by atoms with van der Waals surface area (Å²) in [5.74, 6) is -1.05. The van der Waals surface area contributed by atoms with Crippen molar-refractivity contribution in [3.8, 4) is 0 Å². The molecule has 0 aromatic carbocycles. The van der Waals surface area contributed by atoms with Gasteiger partial charge in [0.2, 0.25) is 5.91 Å². The molecule has 21 heavy (non-hydrogen) atoms. The number of nitrogens with one attached hydrogen (secondary N) is 2. The van der Waals surface area contributed by atoms with Crippen LogP contribution in [0.3, 0.4) is 0 Å². The lowest BCUT2D eigenvalue weighted by molar-refractivity contribution is -0.189. The Morgan fingerprint density at radius 3 is 2.43 bits per heavy atom. The third kappa shape index (κ3) is 5.16. The van der Waals surface area contributed by atoms with Crippen LogP contribution in [0.1, 0.15) is 51.4 Å². The second kappa shape index (κ2) is 7.47. The van der Waals surface area contributed by atoms with Gasteiger partial charge < -0.3 is 10.6 Å². The molecule has 2 fully saturated rings. The van der Waals surface area contributed by atoms with Crippen molar-refractivity contribution in [2.24, 2.45) is 11.8 Å². The molecule has 0 bridgehead atoms. The largest absolute Gasteiger partial charge is 0.393 e. The smallest absolute Gasteiger partial charge is 0.353 e. The maximum absolute atomic E-state index is 13.0. The zero-order chi connectivity index (χ0) is 15.3. The molecule has 1 aliphatic heterocycles. The van der Waals surface area contributed by atoms with Gasteiger partial charge in [-0.1, -0.05) is 12.8 Å². The second-order valence-electron chi connectivity index (χ2n) is 6.34. The van der Waals surface area contributed by atoms with Crippen LogP contribution >= 0.6 is 0 Å². The van der Waals surface area contributed by atoms with Gasteiger partial charge in [0, 0.05) is 12.5 Å². The van der Waals surface area contributed by atoms with Crippen molar-refractivity contribution in [3.05, 3.63) is 0 Å². The summed E-state index contributed by atoms with van der Waals surface area (Å²) in [5, 5.41) is 5.91. The molecule has 2 N–H and O–H groups in total. The summed E-state index contributed by atoms with van der Waals surface area (Å²) in [6, 6.07) is -0.723. The van der Waals surface area contributed by atoms with Gasteiger partial charge in [0.1, 0.15) is 0 Å². The molecule has 2 atom stereocenters. The van der Waals surface area contributed by atoms with E-state index >= 15 is 0 Å². The molecule has 2 rings (SSSR count). The van der Waals surface area contributed by atoms with E-state index in [0.717, 1.165) is 38.8 Å². The fraction of sp³-hybridized carbons (Fsp3) is 0.933. The highest BCUT2D eigenvalue weighted by atomic mass is 19.4. The number of hydrogen-bond donors (Lipinski definition) is 2. The van der Waals surface area contributed by atoms with Crippen molar-refractivity contribution in [3.63, 3.8) is 0 Å². The Morgan fingerprint density at radius 2 is 1.76 bits per heavy atom. The molecular weight excluding hydrogens is 281 g/mol. The molecule has 2 aliphatic rings. The molecule has 1 amide bonds. The van der Waals surface area contributed by atoms with E-state index in [-0.39, 0.29) is 12.3 Å². The number of carbonyl (C=O) groups is 1. The lowest BCUT2D eigenvalue weighted by atomic mass is 9.84. The monoisotopic (exact) mass is 306 g/mol. The van der Waals surface area contributed by atoms with Crippen molar-refractivity contribution in [2.45, 2.75) is 63.6 Å². The predicted molar refractivity (Wildman–Crippen MR) is 74.8 cm³/mol. The quantitative estimate of drug-likeness (QED) is 0.838. The minimum Gasteiger partial charge on any atom is -0.353 e. The van der Waals surface area contributed by atoms with Crippen molar-refractivity contribution in [2.75, 3.05) is 13.1 Å². The van der Waals surface area contributed by atoms with Crippen molar-refractivity contribution < 1.29 is 18.0 Å². The number of carbonyl (C=O) groups excluding carboxylic acids is 1. The Morgan fingerprint density at radius 1 is 1.10 bits per heavy atom. The Balaban J connectivity index is 1.77. The van der Waals surface area contributed by atoms with E-state index in [9.17, 15) is 18.0 Å². The average molecular weight is 306 g/mol. The number of amides is 1. The highest BCUT2D eigenvalue weighted by Crippen LogP contribution is 2.37. The van der Waals surface area contributed by atoms with Crippen LogP contribution in [0.4, 0.5) is 13.2 Å². The van der Waals surface area contributed by atoms with Crippen LogP contribution in [-0.2, 0) is 4.79 Å². The lowest BCUT2D eigenvalue weighted by Crippen LogP contribution is -2.47. The van der Waals surface area contributed by atoms with Crippen LogP contribution in [0.15, 0.2) is 0 Å². The molecule has 1 saturated carbocycles. The lowest BCUT2D eigenvalue weighted by Gasteiger charge is -2.33. The van der Waals surface area contributed by atoms with E-state index in [4.69, 9.17) is 0 Å². The average Bonchev–Trinajstić information content (AvgIpc) is 2.46. The van der Waals surface area contributed by atoms with Gasteiger partial charge in [-0.25, -0.2) is 0 Å². The molecule has 0 spiro atoms. The molecule has 1 saturated heterocycles. The molecule has 0 aromatic heterocycles.